The van der Waals surface area contributed by atoms with Gasteiger partial charge in [0.25, 0.3) is 5.91 Å². The standard InChI is InChI=1S/C19H19N3O4/c23-17(21-11-13-5-4-10-25-13)12-22-15-7-1-2-8-16(15)26-18-14(19(22)24)6-3-9-20-18/h1-3,6-9,13H,4-5,10-12H2,(H,21,23)/t13-/m0/s1. The number of ether oxygens (including phenoxy) is 2. The molecule has 2 amide bonds. The molecule has 4 rings (SSSR count). The molecular formula is C19H19N3O4. The fourth-order valence-electron chi connectivity index (χ4n) is 3.15. The maximum Gasteiger partial charge on any atom is 0.264 e. The highest BCUT2D eigenvalue weighted by Crippen LogP contribution is 2.37. The molecule has 0 unspecified atom stereocenters. The number of nitrogens with one attached hydrogen (secondary N) is 1. The number of nitrogens with zero attached hydrogens (tertiary/aromatic N) is 2. The van der Waals surface area contributed by atoms with E-state index >= 15 is 0 Å². The summed E-state index contributed by atoms with van der Waals surface area (Å²) < 4.78 is 11.3. The highest BCUT2D eigenvalue weighted by atomic mass is 16.5. The lowest BCUT2D eigenvalue weighted by atomic mass is 10.2. The molecule has 0 radical (unpaired) electrons. The van der Waals surface area contributed by atoms with Crippen molar-refractivity contribution in [3.05, 3.63) is 48.2 Å². The number of rotatable bonds is 4. The number of aromatic nitrogens is 1. The van der Waals surface area contributed by atoms with E-state index in [1.807, 2.05) is 6.07 Å². The van der Waals surface area contributed by atoms with Crippen molar-refractivity contribution in [3.8, 4) is 11.6 Å². The van der Waals surface area contributed by atoms with Gasteiger partial charge < -0.3 is 14.8 Å². The molecule has 134 valence electrons. The van der Waals surface area contributed by atoms with Crippen LogP contribution >= 0.6 is 0 Å². The SMILES string of the molecule is O=C(CN1C(=O)c2cccnc2Oc2ccccc21)NC[C@@H]1CCCO1. The van der Waals surface area contributed by atoms with E-state index in [4.69, 9.17) is 9.47 Å². The number of hydrogen-bond donors (Lipinski definition) is 1. The fraction of sp³-hybridized carbons (Fsp3) is 0.316. The number of para-hydroxylation sites is 2. The number of hydrogen-bond acceptors (Lipinski definition) is 5. The second-order valence-electron chi connectivity index (χ2n) is 6.26. The predicted octanol–water partition coefficient (Wildman–Crippen LogP) is 2.13. The minimum atomic E-state index is -0.315. The van der Waals surface area contributed by atoms with E-state index < -0.39 is 0 Å². The quantitative estimate of drug-likeness (QED) is 0.911. The predicted molar refractivity (Wildman–Crippen MR) is 94.4 cm³/mol. The average Bonchev–Trinajstić information content (AvgIpc) is 3.15. The van der Waals surface area contributed by atoms with Crippen molar-refractivity contribution in [2.24, 2.45) is 0 Å². The Morgan fingerprint density at radius 3 is 3.00 bits per heavy atom. The minimum Gasteiger partial charge on any atom is -0.436 e. The summed E-state index contributed by atoms with van der Waals surface area (Å²) >= 11 is 0. The Morgan fingerprint density at radius 2 is 2.15 bits per heavy atom. The van der Waals surface area contributed by atoms with Gasteiger partial charge in [-0.1, -0.05) is 12.1 Å². The number of pyridine rings is 1. The van der Waals surface area contributed by atoms with E-state index in [2.05, 4.69) is 10.3 Å². The van der Waals surface area contributed by atoms with Crippen molar-refractivity contribution in [2.45, 2.75) is 18.9 Å². The van der Waals surface area contributed by atoms with Crippen LogP contribution in [0, 0.1) is 0 Å². The molecule has 7 nitrogen and oxygen atoms in total. The van der Waals surface area contributed by atoms with Crippen LogP contribution in [-0.2, 0) is 9.53 Å². The average molecular weight is 353 g/mol. The van der Waals surface area contributed by atoms with Gasteiger partial charge in [0.2, 0.25) is 11.8 Å². The van der Waals surface area contributed by atoms with Crippen molar-refractivity contribution < 1.29 is 19.1 Å². The summed E-state index contributed by atoms with van der Waals surface area (Å²) in [6, 6.07) is 10.4. The molecule has 2 aliphatic heterocycles. The molecule has 1 aromatic heterocycles. The Bertz CT molecular complexity index is 833. The summed E-state index contributed by atoms with van der Waals surface area (Å²) in [6.45, 7) is 1.09. The number of fused-ring (bicyclic) bond motifs is 2. The zero-order valence-electron chi connectivity index (χ0n) is 14.2. The molecule has 0 bridgehead atoms. The van der Waals surface area contributed by atoms with Gasteiger partial charge >= 0.3 is 0 Å². The van der Waals surface area contributed by atoms with Crippen LogP contribution in [0.15, 0.2) is 42.6 Å². The molecule has 2 aliphatic rings. The first-order valence-electron chi connectivity index (χ1n) is 8.64. The van der Waals surface area contributed by atoms with E-state index in [1.165, 1.54) is 4.90 Å². The first kappa shape index (κ1) is 16.5. The molecule has 0 saturated carbocycles. The fourth-order valence-corrected chi connectivity index (χ4v) is 3.15. The molecular weight excluding hydrogens is 334 g/mol. The third-order valence-electron chi connectivity index (χ3n) is 4.46. The van der Waals surface area contributed by atoms with Crippen molar-refractivity contribution in [3.63, 3.8) is 0 Å². The van der Waals surface area contributed by atoms with Gasteiger partial charge in [-0.05, 0) is 37.1 Å². The van der Waals surface area contributed by atoms with Gasteiger partial charge in [-0.25, -0.2) is 4.98 Å². The van der Waals surface area contributed by atoms with Crippen LogP contribution in [0.4, 0.5) is 5.69 Å². The summed E-state index contributed by atoms with van der Waals surface area (Å²) in [5, 5.41) is 2.85. The lowest BCUT2D eigenvalue weighted by Gasteiger charge is -2.21. The normalized spacial score (nSPS) is 18.5. The van der Waals surface area contributed by atoms with Gasteiger partial charge in [0.15, 0.2) is 5.75 Å². The molecule has 1 saturated heterocycles. The number of carbonyl (C=O) groups excluding carboxylic acids is 2. The van der Waals surface area contributed by atoms with Crippen LogP contribution < -0.4 is 15.0 Å². The van der Waals surface area contributed by atoms with Crippen molar-refractivity contribution in [2.75, 3.05) is 24.6 Å². The van der Waals surface area contributed by atoms with Crippen molar-refractivity contribution in [1.29, 1.82) is 0 Å². The van der Waals surface area contributed by atoms with Crippen LogP contribution in [0.3, 0.4) is 0 Å². The molecule has 26 heavy (non-hydrogen) atoms. The van der Waals surface area contributed by atoms with Gasteiger partial charge in [0, 0.05) is 19.3 Å². The Kier molecular flexibility index (Phi) is 4.53. The first-order chi connectivity index (χ1) is 12.7. The van der Waals surface area contributed by atoms with E-state index in [1.54, 1.807) is 36.5 Å². The number of anilines is 1. The number of benzene rings is 1. The largest absolute Gasteiger partial charge is 0.436 e. The van der Waals surface area contributed by atoms with E-state index in [0.717, 1.165) is 19.4 Å². The summed E-state index contributed by atoms with van der Waals surface area (Å²) in [5.74, 6) is 0.179. The monoisotopic (exact) mass is 353 g/mol. The van der Waals surface area contributed by atoms with E-state index in [-0.39, 0.29) is 30.3 Å². The van der Waals surface area contributed by atoms with Crippen LogP contribution in [0.2, 0.25) is 0 Å². The van der Waals surface area contributed by atoms with Gasteiger partial charge in [-0.15, -0.1) is 0 Å². The van der Waals surface area contributed by atoms with Gasteiger partial charge in [0.1, 0.15) is 12.1 Å². The molecule has 1 atom stereocenters. The maximum atomic E-state index is 13.0. The van der Waals surface area contributed by atoms with Gasteiger partial charge in [-0.2, -0.15) is 0 Å². The van der Waals surface area contributed by atoms with Crippen molar-refractivity contribution in [1.82, 2.24) is 10.3 Å². The lowest BCUT2D eigenvalue weighted by Crippen LogP contribution is -2.42. The summed E-state index contributed by atoms with van der Waals surface area (Å²) in [6.07, 6.45) is 3.58. The molecule has 1 fully saturated rings. The van der Waals surface area contributed by atoms with E-state index in [9.17, 15) is 9.59 Å². The number of amides is 2. The third kappa shape index (κ3) is 3.25. The molecule has 0 spiro atoms. The zero-order valence-corrected chi connectivity index (χ0v) is 14.2. The molecule has 7 heteroatoms. The summed E-state index contributed by atoms with van der Waals surface area (Å²) in [5.41, 5.74) is 0.874. The second kappa shape index (κ2) is 7.13. The summed E-state index contributed by atoms with van der Waals surface area (Å²) in [4.78, 5) is 31.0. The molecule has 1 aromatic carbocycles. The minimum absolute atomic E-state index is 0.0549. The molecule has 1 N–H and O–H groups in total. The Balaban J connectivity index is 1.57. The van der Waals surface area contributed by atoms with Crippen LogP contribution in [0.5, 0.6) is 11.6 Å². The van der Waals surface area contributed by atoms with Crippen LogP contribution in [0.25, 0.3) is 0 Å². The Hall–Kier alpha value is -2.93. The highest BCUT2D eigenvalue weighted by Gasteiger charge is 2.30. The summed E-state index contributed by atoms with van der Waals surface area (Å²) in [7, 11) is 0. The highest BCUT2D eigenvalue weighted by molar-refractivity contribution is 6.11. The Labute approximate surface area is 150 Å². The topological polar surface area (TPSA) is 80.8 Å². The lowest BCUT2D eigenvalue weighted by molar-refractivity contribution is -0.120. The van der Waals surface area contributed by atoms with Crippen LogP contribution in [-0.4, -0.2) is 42.6 Å². The molecule has 0 aliphatic carbocycles. The third-order valence-corrected chi connectivity index (χ3v) is 4.46. The molecule has 2 aromatic rings. The van der Waals surface area contributed by atoms with Gasteiger partial charge in [0.05, 0.1) is 11.8 Å². The number of carbonyl (C=O) groups is 2. The van der Waals surface area contributed by atoms with Crippen molar-refractivity contribution >= 4 is 17.5 Å². The zero-order chi connectivity index (χ0) is 17.9. The second-order valence-corrected chi connectivity index (χ2v) is 6.26. The Morgan fingerprint density at radius 1 is 1.27 bits per heavy atom. The molecule has 3 heterocycles. The smallest absolute Gasteiger partial charge is 0.264 e. The maximum absolute atomic E-state index is 13.0. The van der Waals surface area contributed by atoms with Crippen LogP contribution in [0.1, 0.15) is 23.2 Å². The van der Waals surface area contributed by atoms with Gasteiger partial charge in [-0.3, -0.25) is 14.5 Å². The first-order valence-corrected chi connectivity index (χ1v) is 8.64. The van der Waals surface area contributed by atoms with E-state index in [0.29, 0.717) is 23.5 Å².